The minimum absolute atomic E-state index is 0.211. The maximum absolute atomic E-state index is 13.1. The van der Waals surface area contributed by atoms with Crippen molar-refractivity contribution in [2.75, 3.05) is 5.73 Å². The van der Waals surface area contributed by atoms with Gasteiger partial charge < -0.3 is 5.73 Å². The Morgan fingerprint density at radius 2 is 2.22 bits per heavy atom. The summed E-state index contributed by atoms with van der Waals surface area (Å²) in [5.41, 5.74) is 8.84. The fourth-order valence-electron chi connectivity index (χ4n) is 2.23. The van der Waals surface area contributed by atoms with Gasteiger partial charge in [0.15, 0.2) is 5.82 Å². The third-order valence-corrected chi connectivity index (χ3v) is 3.39. The summed E-state index contributed by atoms with van der Waals surface area (Å²) >= 11 is 0. The first-order chi connectivity index (χ1) is 8.65. The second kappa shape index (κ2) is 4.08. The van der Waals surface area contributed by atoms with Crippen LogP contribution in [0.4, 0.5) is 10.2 Å². The van der Waals surface area contributed by atoms with Crippen LogP contribution in [0, 0.1) is 12.7 Å². The number of aryl methyl sites for hydroxylation is 1. The molecule has 1 aromatic heterocycles. The monoisotopic (exact) mass is 246 g/mol. The van der Waals surface area contributed by atoms with Gasteiger partial charge in [-0.15, -0.1) is 5.10 Å². The van der Waals surface area contributed by atoms with Crippen molar-refractivity contribution in [3.63, 3.8) is 0 Å². The fraction of sp³-hybridized carbons (Fsp3) is 0.385. The molecule has 0 unspecified atom stereocenters. The van der Waals surface area contributed by atoms with Gasteiger partial charge in [0.1, 0.15) is 5.82 Å². The molecule has 0 radical (unpaired) electrons. The van der Waals surface area contributed by atoms with E-state index >= 15 is 0 Å². The third-order valence-electron chi connectivity index (χ3n) is 3.39. The molecule has 0 atom stereocenters. The molecule has 0 bridgehead atoms. The van der Waals surface area contributed by atoms with Crippen LogP contribution in [0.15, 0.2) is 18.2 Å². The van der Waals surface area contributed by atoms with Gasteiger partial charge in [-0.2, -0.15) is 0 Å². The number of nitrogens with zero attached hydrogens (tertiary/aromatic N) is 3. The average molecular weight is 246 g/mol. The lowest BCUT2D eigenvalue weighted by Crippen LogP contribution is -2.08. The first-order valence-electron chi connectivity index (χ1n) is 6.09. The molecular weight excluding hydrogens is 231 g/mol. The zero-order chi connectivity index (χ0) is 12.7. The molecule has 0 saturated heterocycles. The van der Waals surface area contributed by atoms with E-state index in [4.69, 9.17) is 5.73 Å². The molecule has 4 nitrogen and oxygen atoms in total. The Hall–Kier alpha value is -1.91. The van der Waals surface area contributed by atoms with Crippen molar-refractivity contribution in [2.45, 2.75) is 32.2 Å². The van der Waals surface area contributed by atoms with Gasteiger partial charge in [0.25, 0.3) is 0 Å². The molecule has 1 aliphatic carbocycles. The zero-order valence-corrected chi connectivity index (χ0v) is 10.2. The van der Waals surface area contributed by atoms with Crippen LogP contribution in [-0.4, -0.2) is 15.0 Å². The Bertz CT molecular complexity index is 587. The van der Waals surface area contributed by atoms with Crippen molar-refractivity contribution >= 4 is 5.82 Å². The van der Waals surface area contributed by atoms with Gasteiger partial charge in [0.2, 0.25) is 0 Å². The number of anilines is 1. The summed E-state index contributed by atoms with van der Waals surface area (Å²) in [7, 11) is 0. The van der Waals surface area contributed by atoms with Gasteiger partial charge in [-0.25, -0.2) is 9.07 Å². The quantitative estimate of drug-likeness (QED) is 0.903. The standard InChI is InChI=1S/C13H15FN4/c1-8-6-11(14)5-4-10(8)7-18-12(9-2-3-9)13(15)16-17-18/h4-6,9H,2-3,7,15H2,1H3. The molecule has 2 aromatic rings. The first kappa shape index (κ1) is 11.2. The van der Waals surface area contributed by atoms with Gasteiger partial charge in [-0.05, 0) is 43.0 Å². The fourth-order valence-corrected chi connectivity index (χ4v) is 2.23. The molecular formula is C13H15FN4. The maximum atomic E-state index is 13.1. The van der Waals surface area contributed by atoms with Crippen LogP contribution in [0.3, 0.4) is 0 Å². The Morgan fingerprint density at radius 1 is 1.44 bits per heavy atom. The van der Waals surface area contributed by atoms with Crippen molar-refractivity contribution < 1.29 is 4.39 Å². The average Bonchev–Trinajstić information content (AvgIpc) is 3.08. The highest BCUT2D eigenvalue weighted by Gasteiger charge is 2.30. The van der Waals surface area contributed by atoms with Crippen LogP contribution in [-0.2, 0) is 6.54 Å². The van der Waals surface area contributed by atoms with E-state index in [-0.39, 0.29) is 5.82 Å². The lowest BCUT2D eigenvalue weighted by molar-refractivity contribution is 0.607. The van der Waals surface area contributed by atoms with E-state index in [0.717, 1.165) is 29.7 Å². The smallest absolute Gasteiger partial charge is 0.169 e. The molecule has 1 saturated carbocycles. The predicted molar refractivity (Wildman–Crippen MR) is 66.6 cm³/mol. The second-order valence-corrected chi connectivity index (χ2v) is 4.86. The zero-order valence-electron chi connectivity index (χ0n) is 10.2. The van der Waals surface area contributed by atoms with Crippen molar-refractivity contribution in [2.24, 2.45) is 0 Å². The molecule has 2 N–H and O–H groups in total. The highest BCUT2D eigenvalue weighted by Crippen LogP contribution is 2.42. The van der Waals surface area contributed by atoms with Crippen molar-refractivity contribution in [3.05, 3.63) is 40.8 Å². The summed E-state index contributed by atoms with van der Waals surface area (Å²) in [6.45, 7) is 2.50. The first-order valence-corrected chi connectivity index (χ1v) is 6.09. The molecule has 94 valence electrons. The second-order valence-electron chi connectivity index (χ2n) is 4.86. The normalized spacial score (nSPS) is 15.0. The SMILES string of the molecule is Cc1cc(F)ccc1Cn1nnc(N)c1C1CC1. The Kier molecular flexibility index (Phi) is 2.54. The Labute approximate surface area is 105 Å². The number of hydrogen-bond acceptors (Lipinski definition) is 3. The van der Waals surface area contributed by atoms with E-state index in [1.54, 1.807) is 6.07 Å². The van der Waals surface area contributed by atoms with E-state index < -0.39 is 0 Å². The summed E-state index contributed by atoms with van der Waals surface area (Å²) in [5, 5.41) is 8.02. The van der Waals surface area contributed by atoms with E-state index in [1.807, 2.05) is 11.6 Å². The molecule has 0 amide bonds. The van der Waals surface area contributed by atoms with Crippen LogP contribution in [0.2, 0.25) is 0 Å². The molecule has 1 heterocycles. The molecule has 18 heavy (non-hydrogen) atoms. The minimum atomic E-state index is -0.211. The highest BCUT2D eigenvalue weighted by molar-refractivity contribution is 5.39. The van der Waals surface area contributed by atoms with Crippen LogP contribution in [0.1, 0.15) is 35.6 Å². The van der Waals surface area contributed by atoms with E-state index in [2.05, 4.69) is 10.3 Å². The molecule has 0 spiro atoms. The molecule has 1 aromatic carbocycles. The maximum Gasteiger partial charge on any atom is 0.169 e. The number of aromatic nitrogens is 3. The van der Waals surface area contributed by atoms with E-state index in [9.17, 15) is 4.39 Å². The number of benzene rings is 1. The van der Waals surface area contributed by atoms with Gasteiger partial charge in [-0.1, -0.05) is 11.3 Å². The Balaban J connectivity index is 1.92. The molecule has 1 fully saturated rings. The number of rotatable bonds is 3. The highest BCUT2D eigenvalue weighted by atomic mass is 19.1. The number of nitrogens with two attached hydrogens (primary N) is 1. The van der Waals surface area contributed by atoms with Crippen molar-refractivity contribution in [1.29, 1.82) is 0 Å². The van der Waals surface area contributed by atoms with Gasteiger partial charge in [0.05, 0.1) is 12.2 Å². The van der Waals surface area contributed by atoms with Crippen LogP contribution in [0.25, 0.3) is 0 Å². The predicted octanol–water partition coefficient (Wildman–Crippen LogP) is 2.23. The topological polar surface area (TPSA) is 56.7 Å². The summed E-state index contributed by atoms with van der Waals surface area (Å²) in [4.78, 5) is 0. The molecule has 1 aliphatic rings. The number of halogens is 1. The molecule has 0 aliphatic heterocycles. The van der Waals surface area contributed by atoms with E-state index in [0.29, 0.717) is 18.3 Å². The lowest BCUT2D eigenvalue weighted by Gasteiger charge is -2.08. The molecule has 5 heteroatoms. The van der Waals surface area contributed by atoms with Gasteiger partial charge in [-0.3, -0.25) is 0 Å². The van der Waals surface area contributed by atoms with Crippen molar-refractivity contribution in [3.8, 4) is 0 Å². The van der Waals surface area contributed by atoms with Crippen LogP contribution >= 0.6 is 0 Å². The third kappa shape index (κ3) is 1.96. The summed E-state index contributed by atoms with van der Waals surface area (Å²) in [6, 6.07) is 4.80. The number of nitrogen functional groups attached to an aromatic ring is 1. The van der Waals surface area contributed by atoms with Crippen LogP contribution < -0.4 is 5.73 Å². The lowest BCUT2D eigenvalue weighted by atomic mass is 10.1. The van der Waals surface area contributed by atoms with Crippen LogP contribution in [0.5, 0.6) is 0 Å². The minimum Gasteiger partial charge on any atom is -0.381 e. The van der Waals surface area contributed by atoms with E-state index in [1.165, 1.54) is 12.1 Å². The summed E-state index contributed by atoms with van der Waals surface area (Å²) < 4.78 is 14.9. The van der Waals surface area contributed by atoms with Gasteiger partial charge in [0, 0.05) is 5.92 Å². The van der Waals surface area contributed by atoms with Crippen molar-refractivity contribution in [1.82, 2.24) is 15.0 Å². The molecule has 3 rings (SSSR count). The summed E-state index contributed by atoms with van der Waals surface area (Å²) in [6.07, 6.45) is 2.31. The number of hydrogen-bond donors (Lipinski definition) is 1. The van der Waals surface area contributed by atoms with Gasteiger partial charge >= 0.3 is 0 Å². The Morgan fingerprint density at radius 3 is 2.89 bits per heavy atom. The summed E-state index contributed by atoms with van der Waals surface area (Å²) in [5.74, 6) is 0.815. The largest absolute Gasteiger partial charge is 0.381 e.